The summed E-state index contributed by atoms with van der Waals surface area (Å²) < 4.78 is 35.0. The van der Waals surface area contributed by atoms with Gasteiger partial charge in [-0.05, 0) is 67.4 Å². The number of hydrogen-bond donors (Lipinski definition) is 5. The van der Waals surface area contributed by atoms with E-state index in [2.05, 4.69) is 55.2 Å². The van der Waals surface area contributed by atoms with Crippen LogP contribution in [0.3, 0.4) is 0 Å². The first-order valence-corrected chi connectivity index (χ1v) is 11.4. The first-order valence-electron chi connectivity index (χ1n) is 10.5. The van der Waals surface area contributed by atoms with Gasteiger partial charge in [0.1, 0.15) is 10.8 Å². The Kier molecular flexibility index (Phi) is 10.7. The van der Waals surface area contributed by atoms with E-state index in [1.165, 1.54) is 37.3 Å². The SMILES string of the molecule is C=N.CNC.COc1cc(-c2cn[nH]c2)c(F)c(F)c1C(=N)SC1CC(C)(C)NC(C)(C)C1. The molecule has 10 heteroatoms. The van der Waals surface area contributed by atoms with E-state index in [1.54, 1.807) is 0 Å². The average Bonchev–Trinajstić information content (AvgIpc) is 3.24. The number of halogens is 2. The highest BCUT2D eigenvalue weighted by Gasteiger charge is 2.39. The second-order valence-corrected chi connectivity index (χ2v) is 10.3. The number of nitrogens with one attached hydrogen (secondary N) is 5. The molecule has 1 fully saturated rings. The second kappa shape index (κ2) is 12.2. The smallest absolute Gasteiger partial charge is 0.173 e. The molecular formula is C23H36F2N6OS. The number of piperidine rings is 1. The van der Waals surface area contributed by atoms with Gasteiger partial charge in [0.15, 0.2) is 11.6 Å². The summed E-state index contributed by atoms with van der Waals surface area (Å²) in [7, 11) is 5.14. The Morgan fingerprint density at radius 1 is 1.18 bits per heavy atom. The molecule has 1 saturated heterocycles. The largest absolute Gasteiger partial charge is 0.496 e. The van der Waals surface area contributed by atoms with Crippen LogP contribution in [0.25, 0.3) is 11.1 Å². The number of thioether (sulfide) groups is 1. The van der Waals surface area contributed by atoms with Crippen LogP contribution in [0.2, 0.25) is 0 Å². The van der Waals surface area contributed by atoms with Crippen LogP contribution in [0, 0.1) is 22.5 Å². The number of benzene rings is 1. The molecule has 0 aliphatic carbocycles. The molecule has 0 bridgehead atoms. The number of methoxy groups -OCH3 is 1. The molecule has 1 aliphatic heterocycles. The number of hydrogen-bond acceptors (Lipinski definition) is 7. The summed E-state index contributed by atoms with van der Waals surface area (Å²) in [5.74, 6) is -1.94. The van der Waals surface area contributed by atoms with Crippen molar-refractivity contribution in [3.05, 3.63) is 35.7 Å². The summed E-state index contributed by atoms with van der Waals surface area (Å²) in [6, 6.07) is 1.42. The Morgan fingerprint density at radius 3 is 2.18 bits per heavy atom. The predicted octanol–water partition coefficient (Wildman–Crippen LogP) is 4.83. The molecule has 184 valence electrons. The van der Waals surface area contributed by atoms with Crippen molar-refractivity contribution in [2.24, 2.45) is 0 Å². The van der Waals surface area contributed by atoms with E-state index in [0.717, 1.165) is 12.8 Å². The molecule has 2 heterocycles. The lowest BCUT2D eigenvalue weighted by molar-refractivity contribution is 0.189. The number of aromatic amines is 1. The highest BCUT2D eigenvalue weighted by Crippen LogP contribution is 2.40. The van der Waals surface area contributed by atoms with E-state index in [1.807, 2.05) is 14.1 Å². The number of nitrogens with zero attached hydrogens (tertiary/aromatic N) is 1. The third-order valence-corrected chi connectivity index (χ3v) is 5.97. The summed E-state index contributed by atoms with van der Waals surface area (Å²) in [4.78, 5) is 0. The molecule has 0 atom stereocenters. The maximum Gasteiger partial charge on any atom is 0.173 e. The number of ether oxygens (including phenoxy) is 1. The summed E-state index contributed by atoms with van der Waals surface area (Å²) in [5.41, 5.74) is 0.139. The maximum absolute atomic E-state index is 15.0. The van der Waals surface area contributed by atoms with Gasteiger partial charge >= 0.3 is 0 Å². The lowest BCUT2D eigenvalue weighted by Crippen LogP contribution is -2.58. The Balaban J connectivity index is 0.00000101. The molecule has 0 amide bonds. The minimum atomic E-state index is -1.07. The van der Waals surface area contributed by atoms with Gasteiger partial charge in [-0.1, -0.05) is 0 Å². The van der Waals surface area contributed by atoms with Crippen molar-refractivity contribution in [3.8, 4) is 16.9 Å². The number of rotatable bonds is 4. The summed E-state index contributed by atoms with van der Waals surface area (Å²) in [5, 5.41) is 26.8. The van der Waals surface area contributed by atoms with Crippen LogP contribution in [0.5, 0.6) is 5.75 Å². The van der Waals surface area contributed by atoms with Gasteiger partial charge in [-0.15, -0.1) is 11.8 Å². The molecule has 0 spiro atoms. The lowest BCUT2D eigenvalue weighted by atomic mass is 9.82. The Hall–Kier alpha value is -2.30. The summed E-state index contributed by atoms with van der Waals surface area (Å²) in [6.07, 6.45) is 4.54. The van der Waals surface area contributed by atoms with Crippen molar-refractivity contribution < 1.29 is 13.5 Å². The second-order valence-electron chi connectivity index (χ2n) is 8.99. The molecule has 0 unspecified atom stereocenters. The van der Waals surface area contributed by atoms with Crippen molar-refractivity contribution in [1.82, 2.24) is 20.8 Å². The van der Waals surface area contributed by atoms with Gasteiger partial charge in [-0.3, -0.25) is 10.5 Å². The standard InChI is InChI=1S/C20H26F2N4OS.C2H7N.CH3N/c1-19(2)7-12(8-20(3,4)26-19)28-18(23)15-14(27-5)6-13(16(21)17(15)22)11-9-24-25-10-11;1-3-2;1-2/h6,9-10,12,23,26H,7-8H2,1-5H3,(H,24,25);3H,1-2H3;2H,1H2. The fourth-order valence-electron chi connectivity index (χ4n) is 4.12. The van der Waals surface area contributed by atoms with Crippen LogP contribution in [0.15, 0.2) is 18.5 Å². The third kappa shape index (κ3) is 7.62. The molecule has 1 aromatic heterocycles. The van der Waals surface area contributed by atoms with E-state index in [-0.39, 0.29) is 38.2 Å². The minimum absolute atomic E-state index is 0.0227. The maximum atomic E-state index is 15.0. The summed E-state index contributed by atoms with van der Waals surface area (Å²) >= 11 is 1.27. The molecule has 0 radical (unpaired) electrons. The lowest BCUT2D eigenvalue weighted by Gasteiger charge is -2.46. The molecule has 5 N–H and O–H groups in total. The first-order chi connectivity index (χ1) is 15.4. The van der Waals surface area contributed by atoms with Crippen LogP contribution >= 0.6 is 11.8 Å². The normalized spacial score (nSPS) is 16.6. The molecule has 0 saturated carbocycles. The monoisotopic (exact) mass is 482 g/mol. The van der Waals surface area contributed by atoms with Gasteiger partial charge in [0.25, 0.3) is 0 Å². The van der Waals surface area contributed by atoms with Crippen LogP contribution in [-0.4, -0.2) is 59.5 Å². The van der Waals surface area contributed by atoms with E-state index in [0.29, 0.717) is 5.56 Å². The molecular weight excluding hydrogens is 446 g/mol. The predicted molar refractivity (Wildman–Crippen MR) is 134 cm³/mol. The van der Waals surface area contributed by atoms with Gasteiger partial charge in [-0.25, -0.2) is 8.78 Å². The molecule has 2 aromatic rings. The zero-order valence-corrected chi connectivity index (χ0v) is 21.3. The zero-order chi connectivity index (χ0) is 25.4. The van der Waals surface area contributed by atoms with Crippen molar-refractivity contribution in [1.29, 1.82) is 10.8 Å². The van der Waals surface area contributed by atoms with E-state index >= 15 is 0 Å². The quantitative estimate of drug-likeness (QED) is 0.317. The fourth-order valence-corrected chi connectivity index (χ4v) is 5.76. The van der Waals surface area contributed by atoms with E-state index < -0.39 is 11.6 Å². The summed E-state index contributed by atoms with van der Waals surface area (Å²) in [6.45, 7) is 11.0. The Labute approximate surface area is 199 Å². The zero-order valence-electron chi connectivity index (χ0n) is 20.5. The van der Waals surface area contributed by atoms with Crippen molar-refractivity contribution in [2.45, 2.75) is 56.9 Å². The fraction of sp³-hybridized carbons (Fsp3) is 0.522. The number of H-pyrrole nitrogens is 1. The minimum Gasteiger partial charge on any atom is -0.496 e. The number of aromatic nitrogens is 2. The molecule has 1 aliphatic rings. The topological polar surface area (TPSA) is 110 Å². The average molecular weight is 483 g/mol. The molecule has 1 aromatic carbocycles. The molecule has 33 heavy (non-hydrogen) atoms. The third-order valence-electron chi connectivity index (χ3n) is 4.86. The van der Waals surface area contributed by atoms with Crippen LogP contribution in [0.1, 0.15) is 46.1 Å². The van der Waals surface area contributed by atoms with Crippen molar-refractivity contribution in [2.75, 3.05) is 21.2 Å². The van der Waals surface area contributed by atoms with Crippen LogP contribution in [0.4, 0.5) is 8.78 Å². The van der Waals surface area contributed by atoms with Crippen molar-refractivity contribution >= 4 is 23.5 Å². The van der Waals surface area contributed by atoms with Crippen LogP contribution in [-0.2, 0) is 0 Å². The van der Waals surface area contributed by atoms with Crippen molar-refractivity contribution in [3.63, 3.8) is 0 Å². The van der Waals surface area contributed by atoms with E-state index in [9.17, 15) is 8.78 Å². The first kappa shape index (κ1) is 28.7. The van der Waals surface area contributed by atoms with Gasteiger partial charge in [-0.2, -0.15) is 5.10 Å². The van der Waals surface area contributed by atoms with Gasteiger partial charge in [0.2, 0.25) is 0 Å². The van der Waals surface area contributed by atoms with E-state index in [4.69, 9.17) is 15.6 Å². The highest BCUT2D eigenvalue weighted by atomic mass is 32.2. The molecule has 7 nitrogen and oxygen atoms in total. The van der Waals surface area contributed by atoms with Gasteiger partial charge in [0, 0.05) is 33.7 Å². The highest BCUT2D eigenvalue weighted by molar-refractivity contribution is 8.14. The Morgan fingerprint density at radius 2 is 1.73 bits per heavy atom. The van der Waals surface area contributed by atoms with Crippen LogP contribution < -0.4 is 15.4 Å². The van der Waals surface area contributed by atoms with Gasteiger partial charge < -0.3 is 20.8 Å². The Bertz CT molecular complexity index is 902. The molecule has 3 rings (SSSR count). The van der Waals surface area contributed by atoms with Gasteiger partial charge in [0.05, 0.1) is 18.9 Å².